The van der Waals surface area contributed by atoms with E-state index in [-0.39, 0.29) is 11.3 Å². The van der Waals surface area contributed by atoms with Gasteiger partial charge in [-0.1, -0.05) is 11.8 Å². The number of carbonyl (C=O) groups is 1. The SMILES string of the molecule is Cn1c(SCC(=O)Nc2ccc(F)c(F)c2F)nc2sc3c(c2c1=O)CCCC3. The summed E-state index contributed by atoms with van der Waals surface area (Å²) >= 11 is 2.53. The molecule has 0 bridgehead atoms. The molecule has 0 unspecified atom stereocenters. The van der Waals surface area contributed by atoms with E-state index in [1.807, 2.05) is 0 Å². The molecule has 3 aromatic rings. The van der Waals surface area contributed by atoms with Crippen LogP contribution in [0.4, 0.5) is 18.9 Å². The summed E-state index contributed by atoms with van der Waals surface area (Å²) in [5.41, 5.74) is 0.495. The van der Waals surface area contributed by atoms with Crippen LogP contribution in [0.5, 0.6) is 0 Å². The lowest BCUT2D eigenvalue weighted by Gasteiger charge is -2.11. The predicted octanol–water partition coefficient (Wildman–Crippen LogP) is 4.02. The van der Waals surface area contributed by atoms with Crippen molar-refractivity contribution in [2.24, 2.45) is 7.05 Å². The molecule has 0 saturated carbocycles. The molecule has 2 aromatic heterocycles. The first-order chi connectivity index (χ1) is 13.9. The van der Waals surface area contributed by atoms with Crippen molar-refractivity contribution in [2.45, 2.75) is 30.8 Å². The van der Waals surface area contributed by atoms with Gasteiger partial charge in [0.2, 0.25) is 5.91 Å². The minimum atomic E-state index is -1.65. The van der Waals surface area contributed by atoms with E-state index in [4.69, 9.17) is 0 Å². The zero-order valence-electron chi connectivity index (χ0n) is 15.4. The average molecular weight is 439 g/mol. The van der Waals surface area contributed by atoms with Crippen molar-refractivity contribution in [3.05, 3.63) is 50.4 Å². The van der Waals surface area contributed by atoms with Gasteiger partial charge in [-0.3, -0.25) is 14.2 Å². The van der Waals surface area contributed by atoms with E-state index in [1.165, 1.54) is 20.8 Å². The molecule has 0 aliphatic heterocycles. The Labute approximate surface area is 172 Å². The molecule has 29 heavy (non-hydrogen) atoms. The number of hydrogen-bond acceptors (Lipinski definition) is 5. The van der Waals surface area contributed by atoms with Gasteiger partial charge in [-0.15, -0.1) is 11.3 Å². The van der Waals surface area contributed by atoms with Gasteiger partial charge in [-0.25, -0.2) is 18.2 Å². The minimum Gasteiger partial charge on any atom is -0.323 e. The van der Waals surface area contributed by atoms with Crippen molar-refractivity contribution < 1.29 is 18.0 Å². The van der Waals surface area contributed by atoms with Crippen LogP contribution < -0.4 is 10.9 Å². The Morgan fingerprint density at radius 2 is 2.00 bits per heavy atom. The molecule has 0 saturated heterocycles. The summed E-state index contributed by atoms with van der Waals surface area (Å²) < 4.78 is 41.4. The van der Waals surface area contributed by atoms with Crippen LogP contribution >= 0.6 is 23.1 Å². The number of nitrogens with zero attached hydrogens (tertiary/aromatic N) is 2. The zero-order valence-corrected chi connectivity index (χ0v) is 17.0. The number of benzene rings is 1. The van der Waals surface area contributed by atoms with Crippen LogP contribution in [0.3, 0.4) is 0 Å². The number of fused-ring (bicyclic) bond motifs is 3. The fourth-order valence-electron chi connectivity index (χ4n) is 3.34. The first-order valence-corrected chi connectivity index (χ1v) is 10.7. The number of thiophene rings is 1. The van der Waals surface area contributed by atoms with Crippen molar-refractivity contribution in [3.63, 3.8) is 0 Å². The fourth-order valence-corrected chi connectivity index (χ4v) is 5.41. The van der Waals surface area contributed by atoms with Crippen LogP contribution in [0.15, 0.2) is 22.1 Å². The number of nitrogens with one attached hydrogen (secondary N) is 1. The molecule has 0 fully saturated rings. The molecule has 1 amide bonds. The Morgan fingerprint density at radius 3 is 2.79 bits per heavy atom. The Hall–Kier alpha value is -2.33. The van der Waals surface area contributed by atoms with E-state index in [9.17, 15) is 22.8 Å². The van der Waals surface area contributed by atoms with Gasteiger partial charge in [0.05, 0.1) is 16.8 Å². The summed E-state index contributed by atoms with van der Waals surface area (Å²) in [5, 5.41) is 3.23. The number of halogens is 3. The number of amides is 1. The molecule has 1 aliphatic rings. The number of carbonyl (C=O) groups excluding carboxylic acids is 1. The third-order valence-corrected chi connectivity index (χ3v) is 7.01. The molecule has 0 atom stereocenters. The molecule has 152 valence electrons. The molecule has 4 rings (SSSR count). The second-order valence-corrected chi connectivity index (χ2v) is 8.74. The maximum absolute atomic E-state index is 13.7. The van der Waals surface area contributed by atoms with Crippen molar-refractivity contribution >= 4 is 44.9 Å². The van der Waals surface area contributed by atoms with Gasteiger partial charge in [0, 0.05) is 11.9 Å². The highest BCUT2D eigenvalue weighted by molar-refractivity contribution is 7.99. The molecule has 2 heterocycles. The summed E-state index contributed by atoms with van der Waals surface area (Å²) in [4.78, 5) is 31.4. The van der Waals surface area contributed by atoms with Gasteiger partial charge in [0.25, 0.3) is 5.56 Å². The normalized spacial score (nSPS) is 13.5. The van der Waals surface area contributed by atoms with Gasteiger partial charge >= 0.3 is 0 Å². The van der Waals surface area contributed by atoms with Crippen LogP contribution in [0.1, 0.15) is 23.3 Å². The Morgan fingerprint density at radius 1 is 1.24 bits per heavy atom. The summed E-state index contributed by atoms with van der Waals surface area (Å²) in [6.45, 7) is 0. The summed E-state index contributed by atoms with van der Waals surface area (Å²) in [6, 6.07) is 1.69. The number of anilines is 1. The highest BCUT2D eigenvalue weighted by Crippen LogP contribution is 2.34. The largest absolute Gasteiger partial charge is 0.323 e. The first-order valence-electron chi connectivity index (χ1n) is 8.94. The van der Waals surface area contributed by atoms with Crippen LogP contribution in [-0.4, -0.2) is 21.2 Å². The predicted molar refractivity (Wildman–Crippen MR) is 107 cm³/mol. The Bertz CT molecular complexity index is 1190. The standard InChI is InChI=1S/C19H16F3N3O2S2/c1-25-18(27)14-9-4-2-3-5-12(9)29-17(14)24-19(25)28-8-13(26)23-11-7-6-10(20)15(21)16(11)22/h6-7H,2-5,8H2,1H3,(H,23,26). The van der Waals surface area contributed by atoms with E-state index < -0.39 is 29.0 Å². The van der Waals surface area contributed by atoms with Crippen LogP contribution in [0.25, 0.3) is 10.2 Å². The van der Waals surface area contributed by atoms with E-state index in [0.717, 1.165) is 55.1 Å². The number of aryl methyl sites for hydroxylation is 2. The molecular weight excluding hydrogens is 423 g/mol. The van der Waals surface area contributed by atoms with Crippen LogP contribution in [0.2, 0.25) is 0 Å². The summed E-state index contributed by atoms with van der Waals surface area (Å²) in [5.74, 6) is -5.23. The average Bonchev–Trinajstić information content (AvgIpc) is 3.08. The van der Waals surface area contributed by atoms with Crippen molar-refractivity contribution in [2.75, 3.05) is 11.1 Å². The third kappa shape index (κ3) is 3.66. The minimum absolute atomic E-state index is 0.149. The lowest BCUT2D eigenvalue weighted by atomic mass is 9.97. The lowest BCUT2D eigenvalue weighted by Crippen LogP contribution is -2.22. The third-order valence-electron chi connectivity index (χ3n) is 4.80. The van der Waals surface area contributed by atoms with E-state index in [1.54, 1.807) is 7.05 Å². The van der Waals surface area contributed by atoms with E-state index in [2.05, 4.69) is 10.3 Å². The number of aromatic nitrogens is 2. The van der Waals surface area contributed by atoms with Gasteiger partial charge < -0.3 is 5.32 Å². The maximum Gasteiger partial charge on any atom is 0.262 e. The van der Waals surface area contributed by atoms with Gasteiger partial charge in [0.15, 0.2) is 22.6 Å². The smallest absolute Gasteiger partial charge is 0.262 e. The molecule has 1 aromatic carbocycles. The van der Waals surface area contributed by atoms with E-state index in [0.29, 0.717) is 15.4 Å². The number of rotatable bonds is 4. The highest BCUT2D eigenvalue weighted by atomic mass is 32.2. The first kappa shape index (κ1) is 20.0. The second-order valence-electron chi connectivity index (χ2n) is 6.71. The van der Waals surface area contributed by atoms with Gasteiger partial charge in [-0.2, -0.15) is 0 Å². The Kier molecular flexibility index (Phi) is 5.39. The van der Waals surface area contributed by atoms with Gasteiger partial charge in [0.1, 0.15) is 4.83 Å². The molecule has 10 heteroatoms. The highest BCUT2D eigenvalue weighted by Gasteiger charge is 2.22. The fraction of sp³-hybridized carbons (Fsp3) is 0.316. The molecule has 1 aliphatic carbocycles. The molecule has 0 radical (unpaired) electrons. The van der Waals surface area contributed by atoms with Crippen molar-refractivity contribution in [3.8, 4) is 0 Å². The summed E-state index contributed by atoms with van der Waals surface area (Å²) in [7, 11) is 1.59. The van der Waals surface area contributed by atoms with Crippen molar-refractivity contribution in [1.82, 2.24) is 9.55 Å². The van der Waals surface area contributed by atoms with E-state index >= 15 is 0 Å². The molecule has 0 spiro atoms. The van der Waals surface area contributed by atoms with Crippen LogP contribution in [-0.2, 0) is 24.7 Å². The number of thioether (sulfide) groups is 1. The quantitative estimate of drug-likeness (QED) is 0.379. The zero-order chi connectivity index (χ0) is 20.7. The Balaban J connectivity index is 1.54. The molecular formula is C19H16F3N3O2S2. The second kappa shape index (κ2) is 7.83. The monoisotopic (exact) mass is 439 g/mol. The lowest BCUT2D eigenvalue weighted by molar-refractivity contribution is -0.113. The molecule has 1 N–H and O–H groups in total. The molecule has 5 nitrogen and oxygen atoms in total. The van der Waals surface area contributed by atoms with Crippen molar-refractivity contribution in [1.29, 1.82) is 0 Å². The maximum atomic E-state index is 13.7. The topological polar surface area (TPSA) is 64.0 Å². The van der Waals surface area contributed by atoms with Crippen LogP contribution in [0, 0.1) is 17.5 Å². The number of hydrogen-bond donors (Lipinski definition) is 1. The summed E-state index contributed by atoms with van der Waals surface area (Å²) in [6.07, 6.45) is 3.98. The van der Waals surface area contributed by atoms with Gasteiger partial charge in [-0.05, 0) is 43.4 Å².